The fourth-order valence-corrected chi connectivity index (χ4v) is 2.05. The maximum absolute atomic E-state index is 9.57. The molecule has 1 unspecified atom stereocenters. The number of pyridine rings is 1. The SMILES string of the molecule is CC[C@H](O)c1ccc(SCC(C)CO)cn1. The van der Waals surface area contributed by atoms with Crippen LogP contribution in [0.1, 0.15) is 32.1 Å². The average molecular weight is 241 g/mol. The Balaban J connectivity index is 2.51. The Morgan fingerprint density at radius 2 is 2.19 bits per heavy atom. The van der Waals surface area contributed by atoms with Gasteiger partial charge in [-0.1, -0.05) is 13.8 Å². The number of aliphatic hydroxyl groups is 2. The van der Waals surface area contributed by atoms with Crippen LogP contribution in [0, 0.1) is 5.92 Å². The summed E-state index contributed by atoms with van der Waals surface area (Å²) >= 11 is 1.68. The molecule has 2 N–H and O–H groups in total. The standard InChI is InChI=1S/C12H19NO2S/c1-3-12(15)11-5-4-10(6-13-11)16-8-9(2)7-14/h4-6,9,12,14-15H,3,7-8H2,1-2H3/t9?,12-/m0/s1. The molecule has 0 aliphatic rings. The predicted octanol–water partition coefficient (Wildman–Crippen LogP) is 2.25. The summed E-state index contributed by atoms with van der Waals surface area (Å²) in [6, 6.07) is 3.83. The number of aliphatic hydroxyl groups excluding tert-OH is 2. The van der Waals surface area contributed by atoms with Gasteiger partial charge in [-0.15, -0.1) is 11.8 Å². The maximum Gasteiger partial charge on any atom is 0.0957 e. The first kappa shape index (κ1) is 13.5. The third-order valence-electron chi connectivity index (χ3n) is 2.33. The Labute approximate surface area is 101 Å². The molecule has 90 valence electrons. The van der Waals surface area contributed by atoms with Crippen molar-refractivity contribution < 1.29 is 10.2 Å². The van der Waals surface area contributed by atoms with Gasteiger partial charge in [-0.2, -0.15) is 0 Å². The van der Waals surface area contributed by atoms with Crippen LogP contribution < -0.4 is 0 Å². The quantitative estimate of drug-likeness (QED) is 0.750. The molecular weight excluding hydrogens is 222 g/mol. The molecule has 0 saturated heterocycles. The van der Waals surface area contributed by atoms with Gasteiger partial charge in [0.25, 0.3) is 0 Å². The van der Waals surface area contributed by atoms with Gasteiger partial charge in [-0.3, -0.25) is 4.98 Å². The number of hydrogen-bond acceptors (Lipinski definition) is 4. The summed E-state index contributed by atoms with van der Waals surface area (Å²) in [4.78, 5) is 5.30. The lowest BCUT2D eigenvalue weighted by Crippen LogP contribution is -2.03. The van der Waals surface area contributed by atoms with Crippen molar-refractivity contribution in [3.8, 4) is 0 Å². The van der Waals surface area contributed by atoms with Crippen molar-refractivity contribution in [2.75, 3.05) is 12.4 Å². The smallest absolute Gasteiger partial charge is 0.0957 e. The van der Waals surface area contributed by atoms with Crippen LogP contribution in [-0.4, -0.2) is 27.6 Å². The number of rotatable bonds is 6. The highest BCUT2D eigenvalue weighted by Crippen LogP contribution is 2.21. The normalized spacial score (nSPS) is 14.8. The molecule has 1 heterocycles. The topological polar surface area (TPSA) is 53.4 Å². The molecule has 0 bridgehead atoms. The van der Waals surface area contributed by atoms with Gasteiger partial charge >= 0.3 is 0 Å². The molecule has 3 nitrogen and oxygen atoms in total. The van der Waals surface area contributed by atoms with E-state index >= 15 is 0 Å². The molecule has 0 fully saturated rings. The lowest BCUT2D eigenvalue weighted by Gasteiger charge is -2.09. The summed E-state index contributed by atoms with van der Waals surface area (Å²) in [5.41, 5.74) is 0.724. The largest absolute Gasteiger partial charge is 0.396 e. The van der Waals surface area contributed by atoms with Gasteiger partial charge in [-0.25, -0.2) is 0 Å². The van der Waals surface area contributed by atoms with E-state index in [9.17, 15) is 5.11 Å². The predicted molar refractivity (Wildman–Crippen MR) is 66.5 cm³/mol. The Kier molecular flexibility index (Phi) is 5.80. The summed E-state index contributed by atoms with van der Waals surface area (Å²) in [5, 5.41) is 18.5. The van der Waals surface area contributed by atoms with E-state index in [2.05, 4.69) is 4.98 Å². The van der Waals surface area contributed by atoms with Crippen molar-refractivity contribution >= 4 is 11.8 Å². The Bertz CT molecular complexity index is 302. The molecular formula is C12H19NO2S. The van der Waals surface area contributed by atoms with Gasteiger partial charge in [0.2, 0.25) is 0 Å². The molecule has 2 atom stereocenters. The molecule has 1 rings (SSSR count). The minimum absolute atomic E-state index is 0.215. The zero-order valence-electron chi connectivity index (χ0n) is 9.76. The monoisotopic (exact) mass is 241 g/mol. The van der Waals surface area contributed by atoms with Crippen molar-refractivity contribution in [3.63, 3.8) is 0 Å². The van der Waals surface area contributed by atoms with E-state index in [-0.39, 0.29) is 6.61 Å². The summed E-state index contributed by atoms with van der Waals surface area (Å²) in [6.07, 6.45) is 2.00. The first-order chi connectivity index (χ1) is 7.67. The van der Waals surface area contributed by atoms with E-state index < -0.39 is 6.10 Å². The summed E-state index contributed by atoms with van der Waals surface area (Å²) < 4.78 is 0. The molecule has 16 heavy (non-hydrogen) atoms. The Morgan fingerprint density at radius 3 is 2.69 bits per heavy atom. The van der Waals surface area contributed by atoms with Gasteiger partial charge < -0.3 is 10.2 Å². The lowest BCUT2D eigenvalue weighted by atomic mass is 10.2. The van der Waals surface area contributed by atoms with Gasteiger partial charge in [-0.05, 0) is 24.5 Å². The Hall–Kier alpha value is -0.580. The van der Waals surface area contributed by atoms with Crippen molar-refractivity contribution in [1.82, 2.24) is 4.98 Å². The summed E-state index contributed by atoms with van der Waals surface area (Å²) in [5.74, 6) is 1.18. The van der Waals surface area contributed by atoms with Crippen LogP contribution in [-0.2, 0) is 0 Å². The number of aromatic nitrogens is 1. The molecule has 4 heteroatoms. The van der Waals surface area contributed by atoms with E-state index in [1.54, 1.807) is 18.0 Å². The van der Waals surface area contributed by atoms with Crippen LogP contribution in [0.15, 0.2) is 23.2 Å². The highest BCUT2D eigenvalue weighted by Gasteiger charge is 2.06. The average Bonchev–Trinajstić information content (AvgIpc) is 2.35. The van der Waals surface area contributed by atoms with Crippen LogP contribution in [0.2, 0.25) is 0 Å². The molecule has 0 amide bonds. The molecule has 0 spiro atoms. The minimum atomic E-state index is -0.463. The van der Waals surface area contributed by atoms with Crippen molar-refractivity contribution in [1.29, 1.82) is 0 Å². The molecule has 0 radical (unpaired) electrons. The number of thioether (sulfide) groups is 1. The third-order valence-corrected chi connectivity index (χ3v) is 3.64. The van der Waals surface area contributed by atoms with E-state index in [0.717, 1.165) is 16.3 Å². The second kappa shape index (κ2) is 6.89. The summed E-state index contributed by atoms with van der Waals surface area (Å²) in [6.45, 7) is 4.15. The molecule has 0 saturated carbocycles. The molecule has 0 aliphatic heterocycles. The lowest BCUT2D eigenvalue weighted by molar-refractivity contribution is 0.169. The fourth-order valence-electron chi connectivity index (χ4n) is 1.17. The van der Waals surface area contributed by atoms with Gasteiger partial charge in [0.1, 0.15) is 0 Å². The first-order valence-electron chi connectivity index (χ1n) is 5.55. The van der Waals surface area contributed by atoms with Crippen LogP contribution >= 0.6 is 11.8 Å². The zero-order chi connectivity index (χ0) is 12.0. The molecule has 1 aromatic rings. The van der Waals surface area contributed by atoms with E-state index in [0.29, 0.717) is 12.3 Å². The zero-order valence-corrected chi connectivity index (χ0v) is 10.6. The van der Waals surface area contributed by atoms with Crippen molar-refractivity contribution in [2.24, 2.45) is 5.92 Å². The second-order valence-corrected chi connectivity index (χ2v) is 5.03. The van der Waals surface area contributed by atoms with Gasteiger partial charge in [0.05, 0.1) is 11.8 Å². The Morgan fingerprint density at radius 1 is 1.44 bits per heavy atom. The maximum atomic E-state index is 9.57. The molecule has 0 aliphatic carbocycles. The van der Waals surface area contributed by atoms with Crippen LogP contribution in [0.25, 0.3) is 0 Å². The van der Waals surface area contributed by atoms with E-state index in [1.165, 1.54) is 0 Å². The van der Waals surface area contributed by atoms with Crippen LogP contribution in [0.5, 0.6) is 0 Å². The van der Waals surface area contributed by atoms with Crippen molar-refractivity contribution in [2.45, 2.75) is 31.3 Å². The van der Waals surface area contributed by atoms with Crippen molar-refractivity contribution in [3.05, 3.63) is 24.0 Å². The number of hydrogen-bond donors (Lipinski definition) is 2. The summed E-state index contributed by atoms with van der Waals surface area (Å²) in [7, 11) is 0. The highest BCUT2D eigenvalue weighted by molar-refractivity contribution is 7.99. The van der Waals surface area contributed by atoms with Crippen LogP contribution in [0.4, 0.5) is 0 Å². The molecule has 0 aromatic carbocycles. The van der Waals surface area contributed by atoms with Gasteiger partial charge in [0, 0.05) is 23.5 Å². The van der Waals surface area contributed by atoms with E-state index in [4.69, 9.17) is 5.11 Å². The highest BCUT2D eigenvalue weighted by atomic mass is 32.2. The minimum Gasteiger partial charge on any atom is -0.396 e. The second-order valence-electron chi connectivity index (χ2n) is 3.94. The first-order valence-corrected chi connectivity index (χ1v) is 6.53. The third kappa shape index (κ3) is 4.12. The van der Waals surface area contributed by atoms with E-state index in [1.807, 2.05) is 26.0 Å². The fraction of sp³-hybridized carbons (Fsp3) is 0.583. The van der Waals surface area contributed by atoms with Crippen LogP contribution in [0.3, 0.4) is 0 Å². The molecule has 1 aromatic heterocycles. The number of nitrogens with zero attached hydrogens (tertiary/aromatic N) is 1. The van der Waals surface area contributed by atoms with Gasteiger partial charge in [0.15, 0.2) is 0 Å².